The number of carbonyl (C=O) groups is 1. The molecule has 1 rings (SSSR count). The molecule has 8 heteroatoms. The van der Waals surface area contributed by atoms with Gasteiger partial charge in [-0.25, -0.2) is 0 Å². The van der Waals surface area contributed by atoms with Crippen LogP contribution in [0.2, 0.25) is 5.02 Å². The first-order chi connectivity index (χ1) is 8.69. The lowest BCUT2D eigenvalue weighted by Crippen LogP contribution is -2.24. The second-order valence-corrected chi connectivity index (χ2v) is 4.25. The van der Waals surface area contributed by atoms with Crippen LogP contribution < -0.4 is 11.1 Å². The molecule has 0 unspecified atom stereocenters. The molecule has 3 N–H and O–H groups in total. The van der Waals surface area contributed by atoms with Gasteiger partial charge in [0.15, 0.2) is 0 Å². The van der Waals surface area contributed by atoms with Crippen molar-refractivity contribution in [2.45, 2.75) is 13.1 Å². The Labute approximate surface area is 112 Å². The van der Waals surface area contributed by atoms with Crippen molar-refractivity contribution in [1.82, 2.24) is 0 Å². The molecule has 0 radical (unpaired) electrons. The number of alkyl halides is 3. The van der Waals surface area contributed by atoms with Gasteiger partial charge in [0, 0.05) is 5.69 Å². The number of hydrogen-bond donors (Lipinski definition) is 2. The van der Waals surface area contributed by atoms with Crippen molar-refractivity contribution < 1.29 is 22.7 Å². The van der Waals surface area contributed by atoms with Crippen molar-refractivity contribution in [3.63, 3.8) is 0 Å². The van der Waals surface area contributed by atoms with Crippen molar-refractivity contribution >= 4 is 28.9 Å². The minimum absolute atomic E-state index is 0.247. The first-order valence-corrected chi connectivity index (χ1v) is 5.57. The number of hydrogen-bond acceptors (Lipinski definition) is 3. The van der Waals surface area contributed by atoms with Gasteiger partial charge in [0.25, 0.3) is 0 Å². The van der Waals surface area contributed by atoms with Crippen LogP contribution in [0.1, 0.15) is 5.56 Å². The zero-order valence-corrected chi connectivity index (χ0v) is 10.7. The highest BCUT2D eigenvalue weighted by atomic mass is 35.5. The summed E-state index contributed by atoms with van der Waals surface area (Å²) in [7, 11) is 0. The Balaban J connectivity index is 2.56. The van der Waals surface area contributed by atoms with E-state index >= 15 is 0 Å². The van der Waals surface area contributed by atoms with E-state index in [1.165, 1.54) is 6.07 Å². The van der Waals surface area contributed by atoms with E-state index in [2.05, 4.69) is 10.1 Å². The molecular formula is C11H12ClF3N2O2. The zero-order valence-electron chi connectivity index (χ0n) is 9.97. The lowest BCUT2D eigenvalue weighted by molar-refractivity contribution is -0.174. The fourth-order valence-electron chi connectivity index (χ4n) is 1.28. The molecule has 1 aromatic carbocycles. The van der Waals surface area contributed by atoms with Crippen LogP contribution in [-0.4, -0.2) is 25.3 Å². The van der Waals surface area contributed by atoms with Gasteiger partial charge in [-0.2, -0.15) is 13.2 Å². The molecule has 1 amide bonds. The maximum absolute atomic E-state index is 11.8. The molecule has 0 saturated heterocycles. The van der Waals surface area contributed by atoms with Crippen LogP contribution in [0.4, 0.5) is 24.5 Å². The number of nitrogens with two attached hydrogens (primary N) is 1. The number of aryl methyl sites for hydroxylation is 1. The molecule has 106 valence electrons. The molecule has 0 spiro atoms. The van der Waals surface area contributed by atoms with Crippen molar-refractivity contribution in [3.05, 3.63) is 22.7 Å². The normalized spacial score (nSPS) is 11.4. The highest BCUT2D eigenvalue weighted by Gasteiger charge is 2.27. The summed E-state index contributed by atoms with van der Waals surface area (Å²) in [5, 5.41) is 2.64. The molecule has 0 fully saturated rings. The second-order valence-electron chi connectivity index (χ2n) is 3.84. The topological polar surface area (TPSA) is 64.3 Å². The number of nitrogens with one attached hydrogen (secondary N) is 1. The SMILES string of the molecule is Cc1cc(N)c(Cl)cc1NC(=O)COCC(F)(F)F. The van der Waals surface area contributed by atoms with Crippen LogP contribution in [0.15, 0.2) is 12.1 Å². The molecule has 0 saturated carbocycles. The number of benzene rings is 1. The van der Waals surface area contributed by atoms with Crippen LogP contribution in [0, 0.1) is 6.92 Å². The predicted octanol–water partition coefficient (Wildman–Crippen LogP) is 2.75. The molecule has 4 nitrogen and oxygen atoms in total. The van der Waals surface area contributed by atoms with Crippen molar-refractivity contribution in [1.29, 1.82) is 0 Å². The Bertz CT molecular complexity index is 478. The summed E-state index contributed by atoms with van der Waals surface area (Å²) >= 11 is 5.78. The molecule has 0 aliphatic rings. The summed E-state index contributed by atoms with van der Waals surface area (Å²) in [6.07, 6.45) is -4.46. The highest BCUT2D eigenvalue weighted by Crippen LogP contribution is 2.26. The largest absolute Gasteiger partial charge is 0.411 e. The minimum atomic E-state index is -4.46. The van der Waals surface area contributed by atoms with Gasteiger partial charge in [0.05, 0.1) is 10.7 Å². The molecule has 0 atom stereocenters. The molecule has 0 aliphatic carbocycles. The van der Waals surface area contributed by atoms with Crippen molar-refractivity contribution in [2.75, 3.05) is 24.3 Å². The van der Waals surface area contributed by atoms with Crippen LogP contribution in [0.25, 0.3) is 0 Å². The third-order valence-corrected chi connectivity index (χ3v) is 2.44. The van der Waals surface area contributed by atoms with Gasteiger partial charge < -0.3 is 15.8 Å². The summed E-state index contributed by atoms with van der Waals surface area (Å²) < 4.78 is 39.7. The van der Waals surface area contributed by atoms with Crippen LogP contribution in [0.3, 0.4) is 0 Å². The minimum Gasteiger partial charge on any atom is -0.398 e. The molecule has 0 heterocycles. The van der Waals surface area contributed by atoms with Crippen LogP contribution >= 0.6 is 11.6 Å². The van der Waals surface area contributed by atoms with Crippen molar-refractivity contribution in [2.24, 2.45) is 0 Å². The van der Waals surface area contributed by atoms with Crippen molar-refractivity contribution in [3.8, 4) is 0 Å². The van der Waals surface area contributed by atoms with Gasteiger partial charge in [-0.15, -0.1) is 0 Å². The van der Waals surface area contributed by atoms with E-state index in [0.717, 1.165) is 0 Å². The number of ether oxygens (including phenoxy) is 1. The Kier molecular flexibility index (Phi) is 5.02. The van der Waals surface area contributed by atoms with E-state index in [0.29, 0.717) is 16.9 Å². The fourth-order valence-corrected chi connectivity index (χ4v) is 1.45. The molecule has 0 bridgehead atoms. The fraction of sp³-hybridized carbons (Fsp3) is 0.364. The lowest BCUT2D eigenvalue weighted by Gasteiger charge is -2.11. The Morgan fingerprint density at radius 3 is 2.68 bits per heavy atom. The average molecular weight is 297 g/mol. The number of anilines is 2. The van der Waals surface area contributed by atoms with Gasteiger partial charge in [0.1, 0.15) is 13.2 Å². The first kappa shape index (κ1) is 15.6. The highest BCUT2D eigenvalue weighted by molar-refractivity contribution is 6.33. The lowest BCUT2D eigenvalue weighted by atomic mass is 10.2. The predicted molar refractivity (Wildman–Crippen MR) is 66.1 cm³/mol. The number of nitrogen functional groups attached to an aromatic ring is 1. The number of halogens is 4. The quantitative estimate of drug-likeness (QED) is 0.840. The zero-order chi connectivity index (χ0) is 14.6. The van der Waals surface area contributed by atoms with Gasteiger partial charge in [-0.3, -0.25) is 4.79 Å². The van der Waals surface area contributed by atoms with Crippen LogP contribution in [-0.2, 0) is 9.53 Å². The third-order valence-electron chi connectivity index (χ3n) is 2.12. The van der Waals surface area contributed by atoms with Gasteiger partial charge >= 0.3 is 6.18 Å². The van der Waals surface area contributed by atoms with E-state index in [1.807, 2.05) is 0 Å². The summed E-state index contributed by atoms with van der Waals surface area (Å²) in [5.41, 5.74) is 6.93. The third kappa shape index (κ3) is 5.35. The Morgan fingerprint density at radius 2 is 2.11 bits per heavy atom. The first-order valence-electron chi connectivity index (χ1n) is 5.19. The summed E-state index contributed by atoms with van der Waals surface area (Å²) in [4.78, 5) is 11.4. The summed E-state index contributed by atoms with van der Waals surface area (Å²) in [6, 6.07) is 2.97. The van der Waals surface area contributed by atoms with Gasteiger partial charge in [-0.05, 0) is 24.6 Å². The summed E-state index contributed by atoms with van der Waals surface area (Å²) in [5.74, 6) is -0.701. The maximum Gasteiger partial charge on any atom is 0.411 e. The molecule has 0 aromatic heterocycles. The standard InChI is InChI=1S/C11H12ClF3N2O2/c1-6-2-8(16)7(12)3-9(6)17-10(18)4-19-5-11(13,14)15/h2-3H,4-5,16H2,1H3,(H,17,18). The van der Waals surface area contributed by atoms with E-state index in [-0.39, 0.29) is 5.02 Å². The van der Waals surface area contributed by atoms with E-state index in [9.17, 15) is 18.0 Å². The second kappa shape index (κ2) is 6.12. The van der Waals surface area contributed by atoms with Crippen LogP contribution in [0.5, 0.6) is 0 Å². The van der Waals surface area contributed by atoms with Gasteiger partial charge in [0.2, 0.25) is 5.91 Å². The maximum atomic E-state index is 11.8. The van der Waals surface area contributed by atoms with E-state index in [1.54, 1.807) is 13.0 Å². The van der Waals surface area contributed by atoms with E-state index < -0.39 is 25.3 Å². The molecule has 1 aromatic rings. The monoisotopic (exact) mass is 296 g/mol. The average Bonchev–Trinajstić information content (AvgIpc) is 2.24. The number of amides is 1. The molecule has 19 heavy (non-hydrogen) atoms. The smallest absolute Gasteiger partial charge is 0.398 e. The van der Waals surface area contributed by atoms with E-state index in [4.69, 9.17) is 17.3 Å². The number of rotatable bonds is 4. The molecular weight excluding hydrogens is 285 g/mol. The van der Waals surface area contributed by atoms with Gasteiger partial charge in [-0.1, -0.05) is 11.6 Å². The Morgan fingerprint density at radius 1 is 1.47 bits per heavy atom. The summed E-state index contributed by atoms with van der Waals surface area (Å²) in [6.45, 7) is -0.484. The Hall–Kier alpha value is -1.47. The number of carbonyl (C=O) groups excluding carboxylic acids is 1. The molecule has 0 aliphatic heterocycles.